The van der Waals surface area contributed by atoms with E-state index in [-0.39, 0.29) is 0 Å². The van der Waals surface area contributed by atoms with Crippen LogP contribution >= 0.6 is 0 Å². The van der Waals surface area contributed by atoms with Crippen molar-refractivity contribution in [3.05, 3.63) is 35.9 Å². The summed E-state index contributed by atoms with van der Waals surface area (Å²) in [5.41, 5.74) is 7.41. The fourth-order valence-corrected chi connectivity index (χ4v) is 1.13. The fraction of sp³-hybridized carbons (Fsp3) is 0.333. The highest BCUT2D eigenvalue weighted by Crippen LogP contribution is 2.27. The van der Waals surface area contributed by atoms with E-state index in [0.717, 1.165) is 22.6 Å². The molecule has 0 bridgehead atoms. The van der Waals surface area contributed by atoms with Gasteiger partial charge >= 0.3 is 0 Å². The van der Waals surface area contributed by atoms with Crippen LogP contribution in [0.5, 0.6) is 11.5 Å². The zero-order valence-corrected chi connectivity index (χ0v) is 9.25. The lowest BCUT2D eigenvalue weighted by atomic mass is 10.2. The minimum absolute atomic E-state index is 0.427. The third-order valence-corrected chi connectivity index (χ3v) is 2.04. The smallest absolute Gasteiger partial charge is 0.161 e. The first-order valence-corrected chi connectivity index (χ1v) is 4.81. The summed E-state index contributed by atoms with van der Waals surface area (Å²) in [6, 6.07) is 5.79. The minimum atomic E-state index is 0.427. The first-order chi connectivity index (χ1) is 7.17. The SMILES string of the molecule is C=C(CN)COc1ccc(C)cc1OC. The number of nitrogens with two attached hydrogens (primary N) is 1. The van der Waals surface area contributed by atoms with Gasteiger partial charge in [-0.15, -0.1) is 0 Å². The Hall–Kier alpha value is -1.48. The second-order valence-corrected chi connectivity index (χ2v) is 3.40. The molecule has 3 nitrogen and oxygen atoms in total. The van der Waals surface area contributed by atoms with Crippen molar-refractivity contribution < 1.29 is 9.47 Å². The van der Waals surface area contributed by atoms with Crippen molar-refractivity contribution in [1.82, 2.24) is 0 Å². The molecule has 15 heavy (non-hydrogen) atoms. The van der Waals surface area contributed by atoms with Gasteiger partial charge < -0.3 is 15.2 Å². The van der Waals surface area contributed by atoms with Crippen LogP contribution in [0.25, 0.3) is 0 Å². The Morgan fingerprint density at radius 1 is 1.40 bits per heavy atom. The van der Waals surface area contributed by atoms with Crippen LogP contribution < -0.4 is 15.2 Å². The molecule has 1 rings (SSSR count). The molecule has 0 heterocycles. The lowest BCUT2D eigenvalue weighted by Crippen LogP contribution is -2.10. The van der Waals surface area contributed by atoms with E-state index < -0.39 is 0 Å². The normalized spacial score (nSPS) is 9.80. The summed E-state index contributed by atoms with van der Waals surface area (Å²) >= 11 is 0. The van der Waals surface area contributed by atoms with Gasteiger partial charge in [-0.2, -0.15) is 0 Å². The van der Waals surface area contributed by atoms with Crippen LogP contribution in [0.2, 0.25) is 0 Å². The first-order valence-electron chi connectivity index (χ1n) is 4.81. The van der Waals surface area contributed by atoms with Gasteiger partial charge in [0.05, 0.1) is 7.11 Å². The van der Waals surface area contributed by atoms with Gasteiger partial charge in [-0.3, -0.25) is 0 Å². The van der Waals surface area contributed by atoms with Gasteiger partial charge in [-0.05, 0) is 30.2 Å². The van der Waals surface area contributed by atoms with Crippen LogP contribution in [0.4, 0.5) is 0 Å². The van der Waals surface area contributed by atoms with E-state index >= 15 is 0 Å². The Morgan fingerprint density at radius 2 is 2.13 bits per heavy atom. The number of methoxy groups -OCH3 is 1. The van der Waals surface area contributed by atoms with E-state index in [9.17, 15) is 0 Å². The molecule has 0 aliphatic heterocycles. The highest BCUT2D eigenvalue weighted by atomic mass is 16.5. The number of hydrogen-bond acceptors (Lipinski definition) is 3. The summed E-state index contributed by atoms with van der Waals surface area (Å²) in [5, 5.41) is 0. The average Bonchev–Trinajstić information content (AvgIpc) is 2.26. The lowest BCUT2D eigenvalue weighted by molar-refractivity contribution is 0.318. The molecule has 0 saturated heterocycles. The average molecular weight is 207 g/mol. The summed E-state index contributed by atoms with van der Waals surface area (Å²) in [5.74, 6) is 1.46. The number of rotatable bonds is 5. The summed E-state index contributed by atoms with van der Waals surface area (Å²) in [4.78, 5) is 0. The van der Waals surface area contributed by atoms with Crippen molar-refractivity contribution in [2.24, 2.45) is 5.73 Å². The van der Waals surface area contributed by atoms with Crippen molar-refractivity contribution in [3.63, 3.8) is 0 Å². The maximum atomic E-state index is 5.53. The van der Waals surface area contributed by atoms with Crippen LogP contribution in [-0.4, -0.2) is 20.3 Å². The molecule has 0 spiro atoms. The fourth-order valence-electron chi connectivity index (χ4n) is 1.13. The number of aryl methyl sites for hydroxylation is 1. The lowest BCUT2D eigenvalue weighted by Gasteiger charge is -2.11. The maximum Gasteiger partial charge on any atom is 0.161 e. The number of ether oxygens (including phenoxy) is 2. The zero-order valence-electron chi connectivity index (χ0n) is 9.25. The summed E-state index contributed by atoms with van der Waals surface area (Å²) in [6.07, 6.45) is 0. The van der Waals surface area contributed by atoms with E-state index in [1.165, 1.54) is 0 Å². The Morgan fingerprint density at radius 3 is 2.73 bits per heavy atom. The quantitative estimate of drug-likeness (QED) is 0.750. The monoisotopic (exact) mass is 207 g/mol. The predicted octanol–water partition coefficient (Wildman–Crippen LogP) is 1.90. The van der Waals surface area contributed by atoms with E-state index in [0.29, 0.717) is 13.2 Å². The highest BCUT2D eigenvalue weighted by molar-refractivity contribution is 5.42. The first kappa shape index (κ1) is 11.6. The molecule has 0 aliphatic carbocycles. The van der Waals surface area contributed by atoms with Crippen molar-refractivity contribution in [2.45, 2.75) is 6.92 Å². The zero-order chi connectivity index (χ0) is 11.3. The molecular weight excluding hydrogens is 190 g/mol. The molecule has 82 valence electrons. The van der Waals surface area contributed by atoms with Crippen LogP contribution in [0.15, 0.2) is 30.4 Å². The van der Waals surface area contributed by atoms with Crippen molar-refractivity contribution in [2.75, 3.05) is 20.3 Å². The van der Waals surface area contributed by atoms with E-state index in [4.69, 9.17) is 15.2 Å². The van der Waals surface area contributed by atoms with Crippen LogP contribution in [0.1, 0.15) is 5.56 Å². The molecule has 0 fully saturated rings. The van der Waals surface area contributed by atoms with Gasteiger partial charge in [0.1, 0.15) is 6.61 Å². The Bertz CT molecular complexity index is 347. The van der Waals surface area contributed by atoms with Gasteiger partial charge in [0.2, 0.25) is 0 Å². The van der Waals surface area contributed by atoms with Crippen molar-refractivity contribution >= 4 is 0 Å². The summed E-state index contributed by atoms with van der Waals surface area (Å²) in [6.45, 7) is 6.64. The molecule has 0 amide bonds. The molecule has 0 radical (unpaired) electrons. The molecule has 2 N–H and O–H groups in total. The third kappa shape index (κ3) is 3.29. The van der Waals surface area contributed by atoms with Gasteiger partial charge in [-0.25, -0.2) is 0 Å². The second kappa shape index (κ2) is 5.41. The standard InChI is InChI=1S/C12H17NO2/c1-9-4-5-11(12(6-9)14-3)15-8-10(2)7-13/h4-6H,2,7-8,13H2,1,3H3. The molecule has 0 saturated carbocycles. The number of benzene rings is 1. The van der Waals surface area contributed by atoms with E-state index in [1.807, 2.05) is 25.1 Å². The van der Waals surface area contributed by atoms with Crippen LogP contribution in [-0.2, 0) is 0 Å². The van der Waals surface area contributed by atoms with Gasteiger partial charge in [0, 0.05) is 6.54 Å². The molecular formula is C12H17NO2. The maximum absolute atomic E-state index is 5.53. The Labute approximate surface area is 90.5 Å². The topological polar surface area (TPSA) is 44.5 Å². The third-order valence-electron chi connectivity index (χ3n) is 2.04. The second-order valence-electron chi connectivity index (χ2n) is 3.40. The molecule has 0 aliphatic rings. The molecule has 0 unspecified atom stereocenters. The molecule has 3 heteroatoms. The van der Waals surface area contributed by atoms with Crippen molar-refractivity contribution in [3.8, 4) is 11.5 Å². The Balaban J connectivity index is 2.72. The van der Waals surface area contributed by atoms with Crippen molar-refractivity contribution in [1.29, 1.82) is 0 Å². The van der Waals surface area contributed by atoms with Crippen LogP contribution in [0, 0.1) is 6.92 Å². The predicted molar refractivity (Wildman–Crippen MR) is 61.4 cm³/mol. The van der Waals surface area contributed by atoms with E-state index in [1.54, 1.807) is 7.11 Å². The summed E-state index contributed by atoms with van der Waals surface area (Å²) < 4.78 is 10.7. The van der Waals surface area contributed by atoms with Gasteiger partial charge in [0.25, 0.3) is 0 Å². The molecule has 1 aromatic rings. The summed E-state index contributed by atoms with van der Waals surface area (Å²) in [7, 11) is 1.62. The number of hydrogen-bond donors (Lipinski definition) is 1. The highest BCUT2D eigenvalue weighted by Gasteiger charge is 2.04. The van der Waals surface area contributed by atoms with Gasteiger partial charge in [-0.1, -0.05) is 12.6 Å². The van der Waals surface area contributed by atoms with E-state index in [2.05, 4.69) is 6.58 Å². The molecule has 0 aromatic heterocycles. The minimum Gasteiger partial charge on any atom is -0.493 e. The van der Waals surface area contributed by atoms with Crippen LogP contribution in [0.3, 0.4) is 0 Å². The van der Waals surface area contributed by atoms with Gasteiger partial charge in [0.15, 0.2) is 11.5 Å². The molecule has 0 atom stereocenters. The molecule has 1 aromatic carbocycles. The largest absolute Gasteiger partial charge is 0.493 e. The Kier molecular flexibility index (Phi) is 4.18.